The molecule has 19 heavy (non-hydrogen) atoms. The van der Waals surface area contributed by atoms with E-state index in [9.17, 15) is 0 Å². The fraction of sp³-hybridized carbons (Fsp3) is 0.312. The van der Waals surface area contributed by atoms with Crippen LogP contribution in [0.25, 0.3) is 0 Å². The summed E-state index contributed by atoms with van der Waals surface area (Å²) in [6.45, 7) is 5.24. The van der Waals surface area contributed by atoms with E-state index in [1.807, 2.05) is 30.2 Å². The highest BCUT2D eigenvalue weighted by atomic mass is 32.2. The van der Waals surface area contributed by atoms with Gasteiger partial charge in [0.25, 0.3) is 0 Å². The lowest BCUT2D eigenvalue weighted by molar-refractivity contribution is 0.628. The number of nitrogens with zero attached hydrogens (tertiary/aromatic N) is 1. The number of pyridine rings is 1. The summed E-state index contributed by atoms with van der Waals surface area (Å²) in [6.07, 6.45) is 3.75. The Kier molecular flexibility index (Phi) is 5.43. The quantitative estimate of drug-likeness (QED) is 0.807. The molecule has 2 rings (SSSR count). The van der Waals surface area contributed by atoms with Crippen molar-refractivity contribution < 1.29 is 0 Å². The second kappa shape index (κ2) is 7.31. The summed E-state index contributed by atoms with van der Waals surface area (Å²) in [4.78, 5) is 5.54. The Morgan fingerprint density at radius 3 is 2.47 bits per heavy atom. The highest BCUT2D eigenvalue weighted by molar-refractivity contribution is 7.99. The Hall–Kier alpha value is -1.32. The summed E-state index contributed by atoms with van der Waals surface area (Å²) in [5.74, 6) is 1.11. The van der Waals surface area contributed by atoms with E-state index in [1.54, 1.807) is 0 Å². The zero-order valence-electron chi connectivity index (χ0n) is 11.5. The van der Waals surface area contributed by atoms with Crippen LogP contribution in [-0.4, -0.2) is 17.3 Å². The minimum atomic E-state index is 0.222. The van der Waals surface area contributed by atoms with E-state index >= 15 is 0 Å². The van der Waals surface area contributed by atoms with Gasteiger partial charge in [-0.1, -0.05) is 32.0 Å². The topological polar surface area (TPSA) is 24.9 Å². The molecule has 1 aromatic heterocycles. The Labute approximate surface area is 119 Å². The summed E-state index contributed by atoms with van der Waals surface area (Å²) >= 11 is 1.87. The van der Waals surface area contributed by atoms with Gasteiger partial charge in [0.1, 0.15) is 0 Å². The highest BCUT2D eigenvalue weighted by Crippen LogP contribution is 2.24. The van der Waals surface area contributed by atoms with Crippen LogP contribution in [0.5, 0.6) is 0 Å². The van der Waals surface area contributed by atoms with E-state index in [2.05, 4.69) is 54.5 Å². The normalized spacial score (nSPS) is 12.3. The van der Waals surface area contributed by atoms with Crippen LogP contribution in [0.4, 0.5) is 0 Å². The zero-order chi connectivity index (χ0) is 13.5. The van der Waals surface area contributed by atoms with Crippen LogP contribution in [-0.2, 0) is 0 Å². The van der Waals surface area contributed by atoms with Gasteiger partial charge >= 0.3 is 0 Å². The molecule has 0 amide bonds. The van der Waals surface area contributed by atoms with Gasteiger partial charge in [-0.15, -0.1) is 11.8 Å². The average Bonchev–Trinajstić information content (AvgIpc) is 2.47. The van der Waals surface area contributed by atoms with Gasteiger partial charge in [-0.3, -0.25) is 4.98 Å². The van der Waals surface area contributed by atoms with E-state index in [-0.39, 0.29) is 6.04 Å². The third kappa shape index (κ3) is 3.82. The molecule has 1 unspecified atom stereocenters. The fourth-order valence-electron chi connectivity index (χ4n) is 2.10. The number of hydrogen-bond donors (Lipinski definition) is 1. The van der Waals surface area contributed by atoms with Crippen LogP contribution in [0.2, 0.25) is 0 Å². The van der Waals surface area contributed by atoms with E-state index in [1.165, 1.54) is 16.0 Å². The summed E-state index contributed by atoms with van der Waals surface area (Å²) in [7, 11) is 0. The fourth-order valence-corrected chi connectivity index (χ4v) is 2.76. The van der Waals surface area contributed by atoms with Gasteiger partial charge in [-0.25, -0.2) is 0 Å². The summed E-state index contributed by atoms with van der Waals surface area (Å²) < 4.78 is 0. The van der Waals surface area contributed by atoms with E-state index in [0.717, 1.165) is 12.3 Å². The SMILES string of the molecule is CCNC(c1ccc(SCC)cc1)c1cccnc1. The van der Waals surface area contributed by atoms with Gasteiger partial charge in [0.15, 0.2) is 0 Å². The van der Waals surface area contributed by atoms with Crippen LogP contribution in [0.15, 0.2) is 53.7 Å². The van der Waals surface area contributed by atoms with E-state index in [4.69, 9.17) is 0 Å². The molecule has 1 atom stereocenters. The van der Waals surface area contributed by atoms with Crippen molar-refractivity contribution >= 4 is 11.8 Å². The van der Waals surface area contributed by atoms with E-state index in [0.29, 0.717) is 0 Å². The molecule has 0 fully saturated rings. The second-order valence-corrected chi connectivity index (χ2v) is 5.62. The number of thioether (sulfide) groups is 1. The van der Waals surface area contributed by atoms with Gasteiger partial charge in [0.2, 0.25) is 0 Å². The van der Waals surface area contributed by atoms with Crippen molar-refractivity contribution in [1.82, 2.24) is 10.3 Å². The van der Waals surface area contributed by atoms with Crippen LogP contribution >= 0.6 is 11.8 Å². The molecule has 2 nitrogen and oxygen atoms in total. The highest BCUT2D eigenvalue weighted by Gasteiger charge is 2.12. The first-order valence-electron chi connectivity index (χ1n) is 6.71. The van der Waals surface area contributed by atoms with Crippen molar-refractivity contribution in [2.45, 2.75) is 24.8 Å². The molecule has 0 bridgehead atoms. The summed E-state index contributed by atoms with van der Waals surface area (Å²) in [6, 6.07) is 13.1. The van der Waals surface area contributed by atoms with Crippen molar-refractivity contribution in [1.29, 1.82) is 0 Å². The molecule has 0 spiro atoms. The van der Waals surface area contributed by atoms with Crippen molar-refractivity contribution in [3.05, 3.63) is 59.9 Å². The molecule has 1 N–H and O–H groups in total. The summed E-state index contributed by atoms with van der Waals surface area (Å²) in [5, 5.41) is 3.52. The summed E-state index contributed by atoms with van der Waals surface area (Å²) in [5.41, 5.74) is 2.50. The number of aromatic nitrogens is 1. The number of hydrogen-bond acceptors (Lipinski definition) is 3. The maximum absolute atomic E-state index is 4.22. The van der Waals surface area contributed by atoms with Gasteiger partial charge in [-0.2, -0.15) is 0 Å². The minimum Gasteiger partial charge on any atom is -0.306 e. The number of nitrogens with one attached hydrogen (secondary N) is 1. The molecular formula is C16H20N2S. The average molecular weight is 272 g/mol. The molecule has 0 aliphatic carbocycles. The van der Waals surface area contributed by atoms with Gasteiger partial charge < -0.3 is 5.32 Å². The number of rotatable bonds is 6. The second-order valence-electron chi connectivity index (χ2n) is 4.28. The van der Waals surface area contributed by atoms with Crippen molar-refractivity contribution in [3.8, 4) is 0 Å². The Morgan fingerprint density at radius 2 is 1.89 bits per heavy atom. The standard InChI is InChI=1S/C16H20N2S/c1-3-18-16(14-6-5-11-17-12-14)13-7-9-15(10-8-13)19-4-2/h5-12,16,18H,3-4H2,1-2H3. The molecule has 0 saturated carbocycles. The first-order chi connectivity index (χ1) is 9.35. The minimum absolute atomic E-state index is 0.222. The maximum atomic E-state index is 4.22. The molecule has 100 valence electrons. The largest absolute Gasteiger partial charge is 0.306 e. The van der Waals surface area contributed by atoms with Crippen molar-refractivity contribution in [3.63, 3.8) is 0 Å². The van der Waals surface area contributed by atoms with Crippen LogP contribution in [0.1, 0.15) is 31.0 Å². The Bertz CT molecular complexity index is 482. The molecular weight excluding hydrogens is 252 g/mol. The zero-order valence-corrected chi connectivity index (χ0v) is 12.3. The Balaban J connectivity index is 2.24. The van der Waals surface area contributed by atoms with Crippen molar-refractivity contribution in [2.24, 2.45) is 0 Å². The monoisotopic (exact) mass is 272 g/mol. The predicted molar refractivity (Wildman–Crippen MR) is 82.6 cm³/mol. The molecule has 0 saturated heterocycles. The smallest absolute Gasteiger partial charge is 0.0591 e. The maximum Gasteiger partial charge on any atom is 0.0591 e. The Morgan fingerprint density at radius 1 is 1.11 bits per heavy atom. The lowest BCUT2D eigenvalue weighted by atomic mass is 10.0. The van der Waals surface area contributed by atoms with Crippen molar-refractivity contribution in [2.75, 3.05) is 12.3 Å². The third-order valence-corrected chi connectivity index (χ3v) is 3.84. The van der Waals surface area contributed by atoms with Crippen LogP contribution in [0.3, 0.4) is 0 Å². The van der Waals surface area contributed by atoms with Gasteiger partial charge in [-0.05, 0) is 41.6 Å². The predicted octanol–water partition coefficient (Wildman–Crippen LogP) is 3.89. The molecule has 0 radical (unpaired) electrons. The molecule has 3 heteroatoms. The van der Waals surface area contributed by atoms with Gasteiger partial charge in [0, 0.05) is 17.3 Å². The molecule has 0 aliphatic rings. The lowest BCUT2D eigenvalue weighted by Crippen LogP contribution is -2.22. The molecule has 1 aromatic carbocycles. The van der Waals surface area contributed by atoms with Crippen LogP contribution < -0.4 is 5.32 Å². The lowest BCUT2D eigenvalue weighted by Gasteiger charge is -2.18. The first kappa shape index (κ1) is 14.1. The third-order valence-electron chi connectivity index (χ3n) is 2.95. The molecule has 1 heterocycles. The van der Waals surface area contributed by atoms with Gasteiger partial charge in [0.05, 0.1) is 6.04 Å². The van der Waals surface area contributed by atoms with E-state index < -0.39 is 0 Å². The molecule has 0 aliphatic heterocycles. The molecule has 2 aromatic rings. The number of benzene rings is 1. The van der Waals surface area contributed by atoms with Crippen LogP contribution in [0, 0.1) is 0 Å². The first-order valence-corrected chi connectivity index (χ1v) is 7.69.